The number of phenolic OH excluding ortho intramolecular Hbond substituents is 1. The van der Waals surface area contributed by atoms with Gasteiger partial charge in [0.15, 0.2) is 0 Å². The van der Waals surface area contributed by atoms with Crippen LogP contribution >= 0.6 is 0 Å². The van der Waals surface area contributed by atoms with E-state index in [1.807, 2.05) is 30.3 Å². The van der Waals surface area contributed by atoms with Crippen LogP contribution in [0, 0.1) is 0 Å². The molecule has 0 aliphatic carbocycles. The van der Waals surface area contributed by atoms with Crippen molar-refractivity contribution in [3.05, 3.63) is 42.0 Å². The Hall–Kier alpha value is -1.74. The predicted molar refractivity (Wildman–Crippen MR) is 93.1 cm³/mol. The van der Waals surface area contributed by atoms with Gasteiger partial charge in [-0.25, -0.2) is 0 Å². The zero-order chi connectivity index (χ0) is 18.6. The van der Waals surface area contributed by atoms with E-state index in [1.54, 1.807) is 18.0 Å². The fourth-order valence-electron chi connectivity index (χ4n) is 2.77. The molecule has 7 heteroatoms. The van der Waals surface area contributed by atoms with Crippen molar-refractivity contribution in [2.24, 2.45) is 0 Å². The van der Waals surface area contributed by atoms with Gasteiger partial charge in [0.25, 0.3) is 0 Å². The molecule has 0 saturated carbocycles. The standard InChI is InChI=1S/C18H25NO6/c1-19(9-14(21)17(24)18(25)15(22)10-20)8-12-7-6-11-4-2-3-5-13(11)16(12)23/h2-7,14-15,17-18,20-25H,8-10H2,1H3. The van der Waals surface area contributed by atoms with Crippen molar-refractivity contribution in [3.8, 4) is 5.75 Å². The SMILES string of the molecule is CN(Cc1ccc2ccccc2c1O)CC(O)C(O)C(O)C(O)CO. The first-order chi connectivity index (χ1) is 11.8. The molecule has 0 saturated heterocycles. The monoisotopic (exact) mass is 351 g/mol. The predicted octanol–water partition coefficient (Wildman–Crippen LogP) is -0.587. The second kappa shape index (κ2) is 8.57. The molecule has 6 N–H and O–H groups in total. The number of aliphatic hydroxyl groups excluding tert-OH is 5. The van der Waals surface area contributed by atoms with Gasteiger partial charge in [-0.3, -0.25) is 4.90 Å². The molecule has 0 aromatic heterocycles. The minimum Gasteiger partial charge on any atom is -0.507 e. The molecule has 7 nitrogen and oxygen atoms in total. The molecule has 4 unspecified atom stereocenters. The highest BCUT2D eigenvalue weighted by atomic mass is 16.4. The maximum Gasteiger partial charge on any atom is 0.127 e. The van der Waals surface area contributed by atoms with E-state index in [1.165, 1.54) is 0 Å². The van der Waals surface area contributed by atoms with Crippen LogP contribution in [0.3, 0.4) is 0 Å². The number of benzene rings is 2. The fraction of sp³-hybridized carbons (Fsp3) is 0.444. The average Bonchev–Trinajstić information content (AvgIpc) is 2.62. The maximum absolute atomic E-state index is 10.4. The molecule has 0 fully saturated rings. The smallest absolute Gasteiger partial charge is 0.127 e. The van der Waals surface area contributed by atoms with Gasteiger partial charge >= 0.3 is 0 Å². The average molecular weight is 351 g/mol. The first-order valence-electron chi connectivity index (χ1n) is 8.06. The third-order valence-corrected chi connectivity index (χ3v) is 4.25. The van der Waals surface area contributed by atoms with Crippen LogP contribution in [0.1, 0.15) is 5.56 Å². The number of aliphatic hydroxyl groups is 5. The summed E-state index contributed by atoms with van der Waals surface area (Å²) in [4.78, 5) is 1.68. The van der Waals surface area contributed by atoms with Crippen molar-refractivity contribution in [2.75, 3.05) is 20.2 Å². The minimum absolute atomic E-state index is 0.00262. The van der Waals surface area contributed by atoms with E-state index in [0.717, 1.165) is 10.8 Å². The molecule has 0 aliphatic heterocycles. The fourth-order valence-corrected chi connectivity index (χ4v) is 2.77. The number of rotatable bonds is 8. The molecule has 4 atom stereocenters. The van der Waals surface area contributed by atoms with Crippen LogP contribution in [0.2, 0.25) is 0 Å². The van der Waals surface area contributed by atoms with Crippen molar-refractivity contribution in [2.45, 2.75) is 31.0 Å². The first kappa shape index (κ1) is 19.6. The van der Waals surface area contributed by atoms with Crippen molar-refractivity contribution in [1.82, 2.24) is 4.90 Å². The summed E-state index contributed by atoms with van der Waals surface area (Å²) in [5, 5.41) is 59.7. The minimum atomic E-state index is -1.65. The Balaban J connectivity index is 2.02. The highest BCUT2D eigenvalue weighted by Gasteiger charge is 2.30. The second-order valence-corrected chi connectivity index (χ2v) is 6.29. The molecule has 0 amide bonds. The van der Waals surface area contributed by atoms with E-state index in [4.69, 9.17) is 5.11 Å². The lowest BCUT2D eigenvalue weighted by Gasteiger charge is -2.28. The normalized spacial score (nSPS) is 16.8. The molecule has 25 heavy (non-hydrogen) atoms. The van der Waals surface area contributed by atoms with E-state index < -0.39 is 31.0 Å². The number of nitrogens with zero attached hydrogens (tertiary/aromatic N) is 1. The quantitative estimate of drug-likeness (QED) is 0.376. The molecule has 2 aromatic carbocycles. The Bertz CT molecular complexity index is 694. The summed E-state index contributed by atoms with van der Waals surface area (Å²) in [6, 6.07) is 11.1. The van der Waals surface area contributed by atoms with Gasteiger partial charge in [-0.05, 0) is 12.4 Å². The van der Waals surface area contributed by atoms with Crippen LogP contribution in [-0.4, -0.2) is 80.2 Å². The highest BCUT2D eigenvalue weighted by molar-refractivity contribution is 5.89. The van der Waals surface area contributed by atoms with Gasteiger partial charge in [-0.2, -0.15) is 0 Å². The van der Waals surface area contributed by atoms with Crippen LogP contribution in [0.5, 0.6) is 5.75 Å². The summed E-state index contributed by atoms with van der Waals surface area (Å²) in [5.74, 6) is 0.163. The Kier molecular flexibility index (Phi) is 6.71. The largest absolute Gasteiger partial charge is 0.507 e. The number of fused-ring (bicyclic) bond motifs is 1. The number of hydrogen-bond donors (Lipinski definition) is 6. The molecule has 0 spiro atoms. The van der Waals surface area contributed by atoms with Gasteiger partial charge in [0, 0.05) is 24.0 Å². The molecule has 0 bridgehead atoms. The molecule has 0 radical (unpaired) electrons. The van der Waals surface area contributed by atoms with Crippen LogP contribution in [-0.2, 0) is 6.54 Å². The van der Waals surface area contributed by atoms with E-state index >= 15 is 0 Å². The maximum atomic E-state index is 10.4. The summed E-state index contributed by atoms with van der Waals surface area (Å²) in [6.45, 7) is -0.395. The summed E-state index contributed by atoms with van der Waals surface area (Å²) in [6.07, 6.45) is -6.11. The molecule has 0 aliphatic rings. The highest BCUT2D eigenvalue weighted by Crippen LogP contribution is 2.29. The van der Waals surface area contributed by atoms with E-state index in [-0.39, 0.29) is 12.3 Å². The third kappa shape index (κ3) is 4.66. The summed E-state index contributed by atoms with van der Waals surface area (Å²) in [7, 11) is 1.69. The Morgan fingerprint density at radius 1 is 0.920 bits per heavy atom. The van der Waals surface area contributed by atoms with Crippen molar-refractivity contribution in [3.63, 3.8) is 0 Å². The van der Waals surface area contributed by atoms with Gasteiger partial charge in [-0.15, -0.1) is 0 Å². The van der Waals surface area contributed by atoms with Crippen molar-refractivity contribution < 1.29 is 30.6 Å². The number of likely N-dealkylation sites (N-methyl/N-ethyl adjacent to an activating group) is 1. The lowest BCUT2D eigenvalue weighted by molar-refractivity contribution is -0.118. The molecule has 2 rings (SSSR count). The molecular weight excluding hydrogens is 326 g/mol. The summed E-state index contributed by atoms with van der Waals surface area (Å²) in [5.41, 5.74) is 0.666. The molecule has 2 aromatic rings. The van der Waals surface area contributed by atoms with Gasteiger partial charge < -0.3 is 30.6 Å². The van der Waals surface area contributed by atoms with Gasteiger partial charge in [0.1, 0.15) is 24.1 Å². The van der Waals surface area contributed by atoms with Crippen molar-refractivity contribution in [1.29, 1.82) is 0 Å². The van der Waals surface area contributed by atoms with Crippen molar-refractivity contribution >= 4 is 10.8 Å². The molecular formula is C18H25NO6. The summed E-state index contributed by atoms with van der Waals surface area (Å²) < 4.78 is 0. The lowest BCUT2D eigenvalue weighted by atomic mass is 10.0. The third-order valence-electron chi connectivity index (χ3n) is 4.25. The van der Waals surface area contributed by atoms with E-state index in [0.29, 0.717) is 12.1 Å². The van der Waals surface area contributed by atoms with E-state index in [2.05, 4.69) is 0 Å². The van der Waals surface area contributed by atoms with Crippen LogP contribution < -0.4 is 0 Å². The topological polar surface area (TPSA) is 125 Å². The van der Waals surface area contributed by atoms with Gasteiger partial charge in [0.2, 0.25) is 0 Å². The Morgan fingerprint density at radius 2 is 1.56 bits per heavy atom. The molecule has 0 heterocycles. The van der Waals surface area contributed by atoms with E-state index in [9.17, 15) is 25.5 Å². The first-order valence-corrected chi connectivity index (χ1v) is 8.06. The summed E-state index contributed by atoms with van der Waals surface area (Å²) >= 11 is 0. The van der Waals surface area contributed by atoms with Crippen LogP contribution in [0.15, 0.2) is 36.4 Å². The Morgan fingerprint density at radius 3 is 2.24 bits per heavy atom. The number of aromatic hydroxyl groups is 1. The number of hydrogen-bond acceptors (Lipinski definition) is 7. The van der Waals surface area contributed by atoms with Gasteiger partial charge in [0.05, 0.1) is 12.7 Å². The van der Waals surface area contributed by atoms with Gasteiger partial charge in [-0.1, -0.05) is 36.4 Å². The Labute approximate surface area is 146 Å². The van der Waals surface area contributed by atoms with Crippen LogP contribution in [0.4, 0.5) is 0 Å². The molecule has 138 valence electrons. The number of phenols is 1. The zero-order valence-corrected chi connectivity index (χ0v) is 14.0. The zero-order valence-electron chi connectivity index (χ0n) is 14.0. The second-order valence-electron chi connectivity index (χ2n) is 6.29. The van der Waals surface area contributed by atoms with Crippen LogP contribution in [0.25, 0.3) is 10.8 Å². The lowest BCUT2D eigenvalue weighted by Crippen LogP contribution is -2.49.